The molecule has 0 spiro atoms. The van der Waals surface area contributed by atoms with Crippen LogP contribution in [0.5, 0.6) is 0 Å². The molecule has 1 aliphatic carbocycles. The third kappa shape index (κ3) is 8.66. The number of benzene rings is 1. The predicted molar refractivity (Wildman–Crippen MR) is 140 cm³/mol. The lowest BCUT2D eigenvalue weighted by Gasteiger charge is -2.29. The molecule has 1 aromatic carbocycles. The summed E-state index contributed by atoms with van der Waals surface area (Å²) in [6.45, 7) is 9.67. The quantitative estimate of drug-likeness (QED) is 0.297. The van der Waals surface area contributed by atoms with Crippen LogP contribution in [0, 0.1) is 17.8 Å². The van der Waals surface area contributed by atoms with Crippen LogP contribution < -0.4 is 10.6 Å². The van der Waals surface area contributed by atoms with E-state index in [2.05, 4.69) is 29.7 Å². The van der Waals surface area contributed by atoms with Gasteiger partial charge in [-0.3, -0.25) is 9.59 Å². The maximum Gasteiger partial charge on any atom is 0.328 e. The van der Waals surface area contributed by atoms with Gasteiger partial charge in [0.15, 0.2) is 0 Å². The van der Waals surface area contributed by atoms with Gasteiger partial charge in [-0.1, -0.05) is 72.4 Å². The van der Waals surface area contributed by atoms with Crippen molar-refractivity contribution in [3.63, 3.8) is 0 Å². The molecule has 1 aliphatic rings. The second-order valence-electron chi connectivity index (χ2n) is 10.8. The van der Waals surface area contributed by atoms with Crippen molar-refractivity contribution < 1.29 is 19.1 Å². The smallest absolute Gasteiger partial charge is 0.328 e. The predicted octanol–water partition coefficient (Wildman–Crippen LogP) is 5.61. The number of nitrogens with one attached hydrogen (secondary N) is 2. The summed E-state index contributed by atoms with van der Waals surface area (Å²) in [5.41, 5.74) is 1.83. The van der Waals surface area contributed by atoms with E-state index in [0.717, 1.165) is 5.92 Å². The molecule has 1 fully saturated rings. The number of methoxy groups -OCH3 is 1. The van der Waals surface area contributed by atoms with Crippen LogP contribution in [0.3, 0.4) is 0 Å². The van der Waals surface area contributed by atoms with E-state index in [0.29, 0.717) is 11.5 Å². The van der Waals surface area contributed by atoms with Gasteiger partial charge in [-0.2, -0.15) is 0 Å². The van der Waals surface area contributed by atoms with E-state index in [1.807, 2.05) is 39.8 Å². The molecule has 1 saturated carbocycles. The lowest BCUT2D eigenvalue weighted by atomic mass is 9.77. The summed E-state index contributed by atoms with van der Waals surface area (Å²) in [4.78, 5) is 37.9. The fourth-order valence-corrected chi connectivity index (χ4v) is 5.00. The first-order valence-corrected chi connectivity index (χ1v) is 13.5. The first-order valence-electron chi connectivity index (χ1n) is 13.5. The summed E-state index contributed by atoms with van der Waals surface area (Å²) in [6.07, 6.45) is 10.4. The van der Waals surface area contributed by atoms with Gasteiger partial charge in [0.25, 0.3) is 5.91 Å². The molecule has 196 valence electrons. The average molecular weight is 487 g/mol. The Morgan fingerprint density at radius 2 is 1.49 bits per heavy atom. The molecule has 0 heterocycles. The average Bonchev–Trinajstić information content (AvgIpc) is 2.85. The summed E-state index contributed by atoms with van der Waals surface area (Å²) in [6, 6.07) is 6.33. The highest BCUT2D eigenvalue weighted by molar-refractivity contribution is 5.98. The zero-order chi connectivity index (χ0) is 26.0. The molecule has 0 bridgehead atoms. The fraction of sp³-hybridized carbons (Fsp3) is 0.690. The minimum absolute atomic E-state index is 0.131. The van der Waals surface area contributed by atoms with Crippen molar-refractivity contribution in [2.24, 2.45) is 17.8 Å². The maximum atomic E-state index is 12.9. The van der Waals surface area contributed by atoms with Crippen molar-refractivity contribution in [2.45, 2.75) is 104 Å². The third-order valence-electron chi connectivity index (χ3n) is 7.36. The van der Waals surface area contributed by atoms with Gasteiger partial charge in [0.1, 0.15) is 12.1 Å². The molecule has 0 aromatic heterocycles. The molecule has 2 N–H and O–H groups in total. The molecular formula is C29H46N2O4. The highest BCUT2D eigenvalue weighted by Gasteiger charge is 2.31. The Morgan fingerprint density at radius 3 is 2.00 bits per heavy atom. The van der Waals surface area contributed by atoms with Crippen molar-refractivity contribution in [1.82, 2.24) is 10.6 Å². The Morgan fingerprint density at radius 1 is 0.886 bits per heavy atom. The lowest BCUT2D eigenvalue weighted by molar-refractivity contribution is -0.146. The number of hydrogen-bond donors (Lipinski definition) is 2. The topological polar surface area (TPSA) is 84.5 Å². The molecule has 6 heteroatoms. The summed E-state index contributed by atoms with van der Waals surface area (Å²) in [5.74, 6) is -0.00163. The van der Waals surface area contributed by atoms with E-state index in [4.69, 9.17) is 4.74 Å². The molecule has 2 atom stereocenters. The van der Waals surface area contributed by atoms with Gasteiger partial charge in [-0.25, -0.2) is 4.79 Å². The van der Waals surface area contributed by atoms with E-state index >= 15 is 0 Å². The highest BCUT2D eigenvalue weighted by atomic mass is 16.5. The molecule has 2 amide bonds. The van der Waals surface area contributed by atoms with Crippen molar-refractivity contribution in [2.75, 3.05) is 7.11 Å². The Kier molecular flexibility index (Phi) is 11.8. The number of unbranched alkanes of at least 4 members (excludes halogenated alkanes) is 2. The standard InChI is InChI=1S/C29H46N2O4/c1-7-8-9-10-21-11-13-22(14-12-21)23-15-17-24(18-16-23)27(32)30-25(19(2)3)28(33)31-26(20(4)5)29(34)35-6/h15-22,25-26H,7-14H2,1-6H3,(H,30,32)(H,31,33). The second-order valence-corrected chi connectivity index (χ2v) is 10.8. The molecule has 0 radical (unpaired) electrons. The SMILES string of the molecule is CCCCCC1CCC(c2ccc(C(=O)NC(C(=O)NC(C(=O)OC)C(C)C)C(C)C)cc2)CC1. The van der Waals surface area contributed by atoms with Gasteiger partial charge >= 0.3 is 5.97 Å². The summed E-state index contributed by atoms with van der Waals surface area (Å²) in [7, 11) is 1.30. The van der Waals surface area contributed by atoms with Crippen LogP contribution in [-0.4, -0.2) is 37.0 Å². The Labute approximate surface area is 212 Å². The van der Waals surface area contributed by atoms with Gasteiger partial charge in [-0.15, -0.1) is 0 Å². The van der Waals surface area contributed by atoms with Crippen LogP contribution in [0.2, 0.25) is 0 Å². The van der Waals surface area contributed by atoms with E-state index in [-0.39, 0.29) is 23.7 Å². The van der Waals surface area contributed by atoms with Crippen molar-refractivity contribution in [3.8, 4) is 0 Å². The maximum absolute atomic E-state index is 12.9. The van der Waals surface area contributed by atoms with Crippen LogP contribution in [0.25, 0.3) is 0 Å². The van der Waals surface area contributed by atoms with Gasteiger partial charge in [0.05, 0.1) is 7.11 Å². The second kappa shape index (κ2) is 14.3. The number of carbonyl (C=O) groups is 3. The number of carbonyl (C=O) groups excluding carboxylic acids is 3. The number of ether oxygens (including phenoxy) is 1. The van der Waals surface area contributed by atoms with Crippen LogP contribution in [0.1, 0.15) is 108 Å². The van der Waals surface area contributed by atoms with Gasteiger partial charge in [0.2, 0.25) is 5.91 Å². The number of esters is 1. The Balaban J connectivity index is 1.96. The largest absolute Gasteiger partial charge is 0.467 e. The summed E-state index contributed by atoms with van der Waals surface area (Å²) >= 11 is 0. The van der Waals surface area contributed by atoms with E-state index in [9.17, 15) is 14.4 Å². The molecular weight excluding hydrogens is 440 g/mol. The first kappa shape index (κ1) is 28.9. The zero-order valence-electron chi connectivity index (χ0n) is 22.6. The third-order valence-corrected chi connectivity index (χ3v) is 7.36. The zero-order valence-corrected chi connectivity index (χ0v) is 22.6. The highest BCUT2D eigenvalue weighted by Crippen LogP contribution is 2.37. The van der Waals surface area contributed by atoms with Crippen molar-refractivity contribution in [1.29, 1.82) is 0 Å². The van der Waals surface area contributed by atoms with Crippen LogP contribution in [0.15, 0.2) is 24.3 Å². The summed E-state index contributed by atoms with van der Waals surface area (Å²) in [5, 5.41) is 5.61. The fourth-order valence-electron chi connectivity index (χ4n) is 5.00. The molecule has 35 heavy (non-hydrogen) atoms. The van der Waals surface area contributed by atoms with Crippen LogP contribution >= 0.6 is 0 Å². The minimum Gasteiger partial charge on any atom is -0.467 e. The van der Waals surface area contributed by atoms with E-state index < -0.39 is 18.1 Å². The van der Waals surface area contributed by atoms with Crippen LogP contribution in [-0.2, 0) is 14.3 Å². The normalized spacial score (nSPS) is 19.8. The number of amides is 2. The van der Waals surface area contributed by atoms with Gasteiger partial charge < -0.3 is 15.4 Å². The molecule has 0 saturated heterocycles. The van der Waals surface area contributed by atoms with E-state index in [1.54, 1.807) is 0 Å². The molecule has 2 rings (SSSR count). The Bertz CT molecular complexity index is 810. The molecule has 0 aliphatic heterocycles. The van der Waals surface area contributed by atoms with Gasteiger partial charge in [-0.05, 0) is 67.1 Å². The van der Waals surface area contributed by atoms with Gasteiger partial charge in [0, 0.05) is 5.56 Å². The van der Waals surface area contributed by atoms with Crippen molar-refractivity contribution >= 4 is 17.8 Å². The minimum atomic E-state index is -0.758. The first-order chi connectivity index (χ1) is 16.7. The molecule has 6 nitrogen and oxygen atoms in total. The van der Waals surface area contributed by atoms with Crippen molar-refractivity contribution in [3.05, 3.63) is 35.4 Å². The van der Waals surface area contributed by atoms with E-state index in [1.165, 1.54) is 64.0 Å². The van der Waals surface area contributed by atoms with Crippen LogP contribution in [0.4, 0.5) is 0 Å². The Hall–Kier alpha value is -2.37. The monoisotopic (exact) mass is 486 g/mol. The molecule has 2 unspecified atom stereocenters. The lowest BCUT2D eigenvalue weighted by Crippen LogP contribution is -2.55. The molecule has 1 aromatic rings. The summed E-state index contributed by atoms with van der Waals surface area (Å²) < 4.78 is 4.81. The number of hydrogen-bond acceptors (Lipinski definition) is 4. The number of rotatable bonds is 12.